The summed E-state index contributed by atoms with van der Waals surface area (Å²) in [5.41, 5.74) is 1.18. The van der Waals surface area contributed by atoms with E-state index in [2.05, 4.69) is 0 Å². The van der Waals surface area contributed by atoms with E-state index in [-0.39, 0.29) is 0 Å². The second-order valence-corrected chi connectivity index (χ2v) is 6.69. The molecule has 0 spiro atoms. The van der Waals surface area contributed by atoms with Crippen molar-refractivity contribution in [3.8, 4) is 16.2 Å². The smallest absolute Gasteiger partial charge is 0.302 e. The third-order valence-corrected chi connectivity index (χ3v) is 4.67. The van der Waals surface area contributed by atoms with Crippen molar-refractivity contribution < 1.29 is 33.6 Å². The molecule has 0 amide bonds. The largest absolute Gasteiger partial charge is 0.497 e. The van der Waals surface area contributed by atoms with E-state index in [0.717, 1.165) is 10.1 Å². The minimum absolute atomic E-state index is 0.834. The number of halogens is 2. The van der Waals surface area contributed by atoms with Gasteiger partial charge in [-0.25, -0.2) is 18.6 Å². The van der Waals surface area contributed by atoms with Gasteiger partial charge in [-0.2, -0.15) is 0 Å². The first-order chi connectivity index (χ1) is 8.79. The highest BCUT2D eigenvalue weighted by atomic mass is 35.7. The van der Waals surface area contributed by atoms with Crippen LogP contribution < -0.4 is 23.4 Å². The molecule has 1 heterocycles. The zero-order valence-corrected chi connectivity index (χ0v) is 12.6. The molecule has 2 aromatic rings. The summed E-state index contributed by atoms with van der Waals surface area (Å²) in [7, 11) is -0.00864. The van der Waals surface area contributed by atoms with Crippen LogP contribution in [0.4, 0.5) is 0 Å². The third-order valence-electron chi connectivity index (χ3n) is 1.83. The quantitative estimate of drug-likeness (QED) is 0.549. The fourth-order valence-electron chi connectivity index (χ4n) is 1.12. The number of hydrogen-bond acceptors (Lipinski definition) is 6. The summed E-state index contributed by atoms with van der Waals surface area (Å²) in [6.07, 6.45) is 0. The van der Waals surface area contributed by atoms with Crippen molar-refractivity contribution in [1.82, 2.24) is 0 Å². The molecular weight excluding hydrogens is 335 g/mol. The van der Waals surface area contributed by atoms with Crippen molar-refractivity contribution >= 4 is 32.3 Å². The van der Waals surface area contributed by atoms with Gasteiger partial charge in [0.15, 0.2) is 14.7 Å². The first kappa shape index (κ1) is 16.5. The predicted octanol–water partition coefficient (Wildman–Crippen LogP) is -0.336. The molecule has 1 aromatic carbocycles. The molecule has 0 saturated carbocycles. The molecule has 0 atom stereocenters. The summed E-state index contributed by atoms with van der Waals surface area (Å²) in [6.45, 7) is 0. The van der Waals surface area contributed by atoms with Crippen LogP contribution in [-0.4, -0.2) is 7.11 Å². The lowest BCUT2D eigenvalue weighted by molar-refractivity contribution is -2.00. The number of rotatable bonds is 2. The highest BCUT2D eigenvalue weighted by molar-refractivity contribution is 7.71. The van der Waals surface area contributed by atoms with Crippen LogP contribution >= 0.6 is 32.3 Å². The van der Waals surface area contributed by atoms with E-state index in [4.69, 9.17) is 35.0 Å². The molecule has 2 rings (SSSR count). The zero-order valence-electron chi connectivity index (χ0n) is 9.50. The minimum atomic E-state index is -4.94. The molecule has 5 nitrogen and oxygen atoms in total. The Labute approximate surface area is 124 Å². The van der Waals surface area contributed by atoms with Crippen molar-refractivity contribution in [3.05, 3.63) is 34.7 Å². The molecule has 9 heteroatoms. The molecule has 0 saturated heterocycles. The molecule has 0 aliphatic rings. The van der Waals surface area contributed by atoms with Gasteiger partial charge in [0.05, 0.1) is 7.11 Å². The van der Waals surface area contributed by atoms with Gasteiger partial charge < -0.3 is 4.74 Å². The van der Waals surface area contributed by atoms with Gasteiger partial charge in [0, 0.05) is 11.6 Å². The van der Waals surface area contributed by atoms with Crippen LogP contribution in [0.1, 0.15) is 0 Å². The van der Waals surface area contributed by atoms with E-state index in [9.17, 15) is 0 Å². The lowest BCUT2D eigenvalue weighted by Crippen LogP contribution is -2.68. The number of hydrogen-bond donors (Lipinski definition) is 0. The maximum atomic E-state index is 8.49. The topological polar surface area (TPSA) is 101 Å². The Morgan fingerprint density at radius 1 is 1.16 bits per heavy atom. The molecule has 0 aliphatic carbocycles. The molecule has 0 bridgehead atoms. The summed E-state index contributed by atoms with van der Waals surface area (Å²) in [6, 6.07) is 9.96. The van der Waals surface area contributed by atoms with E-state index in [1.165, 1.54) is 10.4 Å². The average molecular weight is 343 g/mol. The minimum Gasteiger partial charge on any atom is -0.497 e. The third kappa shape index (κ3) is 7.00. The van der Waals surface area contributed by atoms with Gasteiger partial charge in [0.1, 0.15) is 5.75 Å². The van der Waals surface area contributed by atoms with Gasteiger partial charge in [0.2, 0.25) is 0 Å². The monoisotopic (exact) mass is 342 g/mol. The van der Waals surface area contributed by atoms with Gasteiger partial charge in [0.25, 0.3) is 4.88 Å². The number of methoxy groups -OCH3 is 1. The number of ether oxygens (including phenoxy) is 1. The van der Waals surface area contributed by atoms with Gasteiger partial charge in [-0.05, 0) is 24.3 Å². The highest BCUT2D eigenvalue weighted by Crippen LogP contribution is 2.34. The summed E-state index contributed by atoms with van der Waals surface area (Å²) in [5.74, 6) is 0.875. The Morgan fingerprint density at radius 3 is 2.05 bits per heavy atom. The molecule has 19 heavy (non-hydrogen) atoms. The average Bonchev–Trinajstić information content (AvgIpc) is 2.74. The van der Waals surface area contributed by atoms with Crippen molar-refractivity contribution in [1.29, 1.82) is 0 Å². The fraction of sp³-hybridized carbons (Fsp3) is 0.100. The fourth-order valence-corrected chi connectivity index (χ4v) is 3.47. The van der Waals surface area contributed by atoms with Crippen molar-refractivity contribution in [2.75, 3.05) is 7.11 Å². The van der Waals surface area contributed by atoms with Gasteiger partial charge in [-0.1, -0.05) is 11.6 Å². The Morgan fingerprint density at radius 2 is 1.68 bits per heavy atom. The maximum Gasteiger partial charge on any atom is 0.302 e. The van der Waals surface area contributed by atoms with Crippen LogP contribution in [-0.2, 0) is 0 Å². The van der Waals surface area contributed by atoms with Gasteiger partial charge in [-0.15, -0.1) is 10.2 Å². The zero-order chi connectivity index (χ0) is 14.5. The van der Waals surface area contributed by atoms with E-state index < -0.39 is 10.2 Å². The first-order valence-electron chi connectivity index (χ1n) is 4.64. The maximum absolute atomic E-state index is 8.49. The molecule has 104 valence electrons. The summed E-state index contributed by atoms with van der Waals surface area (Å²) >= 11 is 5.87. The Balaban J connectivity index is 0.000000312. The lowest BCUT2D eigenvalue weighted by atomic mass is 10.2. The predicted molar refractivity (Wildman–Crippen MR) is 63.6 cm³/mol. The van der Waals surface area contributed by atoms with Crippen LogP contribution in [0, 0.1) is 10.2 Å². The van der Waals surface area contributed by atoms with E-state index >= 15 is 0 Å². The lowest BCUT2D eigenvalue weighted by Gasteiger charge is -2.17. The van der Waals surface area contributed by atoms with Crippen molar-refractivity contribution in [2.24, 2.45) is 0 Å². The SMILES string of the molecule is COc1ccc(-c2cc(Cl)s[s+]2)cc1.[O-][Cl+3]([O-])([O-])[O-]. The Hall–Kier alpha value is -0.510. The molecule has 0 fully saturated rings. The molecule has 1 aromatic heterocycles. The molecule has 0 aliphatic heterocycles. The standard InChI is InChI=1S/C10H8ClOS2.ClHO4/c1-12-8-4-2-7(3-5-8)9-6-10(11)14-13-9;2-1(3,4)5/h2-6H,1H3;(H,2,3,4,5)/q+1;/p-1. The van der Waals surface area contributed by atoms with Crippen LogP contribution in [0.3, 0.4) is 0 Å². The van der Waals surface area contributed by atoms with E-state index in [1.807, 2.05) is 30.3 Å². The summed E-state index contributed by atoms with van der Waals surface area (Å²) in [5, 5.41) is 0. The van der Waals surface area contributed by atoms with Crippen LogP contribution in [0.2, 0.25) is 4.34 Å². The normalized spacial score (nSPS) is 10.6. The second-order valence-electron chi connectivity index (χ2n) is 3.09. The second kappa shape index (κ2) is 7.32. The first-order valence-corrected chi connectivity index (χ1v) is 8.40. The molecular formula is C10H8Cl2O5S2. The van der Waals surface area contributed by atoms with E-state index in [1.54, 1.807) is 27.8 Å². The molecule has 0 N–H and O–H groups in total. The molecule has 0 unspecified atom stereocenters. The summed E-state index contributed by atoms with van der Waals surface area (Å²) < 4.78 is 39.9. The van der Waals surface area contributed by atoms with Crippen LogP contribution in [0.5, 0.6) is 5.75 Å². The van der Waals surface area contributed by atoms with Crippen LogP contribution in [0.15, 0.2) is 30.3 Å². The van der Waals surface area contributed by atoms with Crippen LogP contribution in [0.25, 0.3) is 10.4 Å². The van der Waals surface area contributed by atoms with Gasteiger partial charge >= 0.3 is 10.3 Å². The van der Waals surface area contributed by atoms with Crippen molar-refractivity contribution in [2.45, 2.75) is 0 Å². The highest BCUT2D eigenvalue weighted by Gasteiger charge is 2.14. The summed E-state index contributed by atoms with van der Waals surface area (Å²) in [4.78, 5) is 1.20. The Bertz CT molecular complexity index is 503. The van der Waals surface area contributed by atoms with Crippen molar-refractivity contribution in [3.63, 3.8) is 0 Å². The van der Waals surface area contributed by atoms with E-state index in [0.29, 0.717) is 0 Å². The molecule has 0 radical (unpaired) electrons. The van der Waals surface area contributed by atoms with Gasteiger partial charge in [-0.3, -0.25) is 0 Å². The number of benzene rings is 1. The Kier molecular flexibility index (Phi) is 6.37.